The maximum atomic E-state index is 12.2. The number of urea groups is 1. The molecule has 0 aromatic rings. The van der Waals surface area contributed by atoms with E-state index in [4.69, 9.17) is 4.74 Å². The number of carbonyl (C=O) groups is 2. The highest BCUT2D eigenvalue weighted by atomic mass is 16.6. The summed E-state index contributed by atoms with van der Waals surface area (Å²) in [5, 5.41) is 2.96. The van der Waals surface area contributed by atoms with Crippen molar-refractivity contribution in [3.63, 3.8) is 0 Å². The van der Waals surface area contributed by atoms with Gasteiger partial charge in [0.1, 0.15) is 5.60 Å². The molecule has 7 nitrogen and oxygen atoms in total. The van der Waals surface area contributed by atoms with Gasteiger partial charge in [0.25, 0.3) is 0 Å². The molecule has 0 saturated carbocycles. The van der Waals surface area contributed by atoms with Crippen molar-refractivity contribution >= 4 is 12.1 Å². The fourth-order valence-electron chi connectivity index (χ4n) is 2.40. The molecule has 0 bridgehead atoms. The van der Waals surface area contributed by atoms with Gasteiger partial charge < -0.3 is 24.8 Å². The number of piperazine rings is 1. The molecule has 3 amide bonds. The minimum absolute atomic E-state index is 0.0589. The molecule has 1 saturated heterocycles. The Morgan fingerprint density at radius 3 is 2.21 bits per heavy atom. The van der Waals surface area contributed by atoms with Crippen molar-refractivity contribution in [2.75, 3.05) is 46.3 Å². The maximum Gasteiger partial charge on any atom is 0.410 e. The van der Waals surface area contributed by atoms with E-state index in [0.29, 0.717) is 38.8 Å². The lowest BCUT2D eigenvalue weighted by atomic mass is 10.2. The van der Waals surface area contributed by atoms with Gasteiger partial charge in [0.2, 0.25) is 0 Å². The van der Waals surface area contributed by atoms with Gasteiger partial charge in [-0.25, -0.2) is 9.59 Å². The molecule has 140 valence electrons. The number of nitrogens with one attached hydrogen (secondary N) is 1. The Morgan fingerprint density at radius 2 is 1.71 bits per heavy atom. The van der Waals surface area contributed by atoms with E-state index >= 15 is 0 Å². The summed E-state index contributed by atoms with van der Waals surface area (Å²) in [5.41, 5.74) is -0.493. The molecule has 1 atom stereocenters. The molecule has 1 unspecified atom stereocenters. The van der Waals surface area contributed by atoms with Gasteiger partial charge >= 0.3 is 12.1 Å². The molecule has 7 heteroatoms. The van der Waals surface area contributed by atoms with Crippen molar-refractivity contribution in [2.45, 2.75) is 52.7 Å². The predicted octanol–water partition coefficient (Wildman–Crippen LogP) is 1.98. The maximum absolute atomic E-state index is 12.2. The molecule has 0 spiro atoms. The lowest BCUT2D eigenvalue weighted by Crippen LogP contribution is -2.54. The highest BCUT2D eigenvalue weighted by Crippen LogP contribution is 2.11. The van der Waals surface area contributed by atoms with Crippen LogP contribution in [0.25, 0.3) is 0 Å². The van der Waals surface area contributed by atoms with Gasteiger partial charge in [-0.05, 0) is 41.2 Å². The summed E-state index contributed by atoms with van der Waals surface area (Å²) < 4.78 is 5.36. The molecule has 0 aromatic heterocycles. The topological polar surface area (TPSA) is 65.1 Å². The molecule has 24 heavy (non-hydrogen) atoms. The zero-order chi connectivity index (χ0) is 18.3. The molecule has 1 aliphatic heterocycles. The molecule has 0 aliphatic carbocycles. The van der Waals surface area contributed by atoms with Crippen LogP contribution in [0.4, 0.5) is 9.59 Å². The second-order valence-electron chi connectivity index (χ2n) is 7.42. The summed E-state index contributed by atoms with van der Waals surface area (Å²) in [6.07, 6.45) is 0.787. The summed E-state index contributed by atoms with van der Waals surface area (Å²) in [6, 6.07) is 0.454. The van der Waals surface area contributed by atoms with Gasteiger partial charge in [-0.3, -0.25) is 0 Å². The van der Waals surface area contributed by atoms with Crippen LogP contribution >= 0.6 is 0 Å². The molecular formula is C17H34N4O3. The Hall–Kier alpha value is -1.50. The zero-order valence-corrected chi connectivity index (χ0v) is 16.1. The van der Waals surface area contributed by atoms with Crippen LogP contribution in [0.5, 0.6) is 0 Å². The fraction of sp³-hybridized carbons (Fsp3) is 0.882. The summed E-state index contributed by atoms with van der Waals surface area (Å²) in [5.74, 6) is 0. The molecule has 1 N–H and O–H groups in total. The van der Waals surface area contributed by atoms with E-state index in [-0.39, 0.29) is 12.1 Å². The van der Waals surface area contributed by atoms with Crippen LogP contribution in [0.3, 0.4) is 0 Å². The smallest absolute Gasteiger partial charge is 0.410 e. The molecule has 1 heterocycles. The van der Waals surface area contributed by atoms with Crippen LogP contribution in [0, 0.1) is 0 Å². The fourth-order valence-corrected chi connectivity index (χ4v) is 2.40. The van der Waals surface area contributed by atoms with E-state index in [0.717, 1.165) is 13.0 Å². The third-order valence-corrected chi connectivity index (χ3v) is 4.30. The number of hydrogen-bond acceptors (Lipinski definition) is 4. The molecule has 1 fully saturated rings. The van der Waals surface area contributed by atoms with E-state index in [1.54, 1.807) is 9.80 Å². The highest BCUT2D eigenvalue weighted by Gasteiger charge is 2.27. The van der Waals surface area contributed by atoms with Gasteiger partial charge in [-0.1, -0.05) is 6.92 Å². The lowest BCUT2D eigenvalue weighted by Gasteiger charge is -2.35. The summed E-state index contributed by atoms with van der Waals surface area (Å²) in [6.45, 7) is 13.4. The molecule has 0 aromatic carbocycles. The first-order chi connectivity index (χ1) is 11.1. The summed E-state index contributed by atoms with van der Waals surface area (Å²) in [4.78, 5) is 29.8. The van der Waals surface area contributed by atoms with Crippen molar-refractivity contribution in [3.05, 3.63) is 0 Å². The normalized spacial score (nSPS) is 17.0. The van der Waals surface area contributed by atoms with Gasteiger partial charge in [0.05, 0.1) is 0 Å². The van der Waals surface area contributed by atoms with E-state index < -0.39 is 5.60 Å². The second kappa shape index (κ2) is 9.11. The average molecular weight is 342 g/mol. The monoisotopic (exact) mass is 342 g/mol. The Balaban J connectivity index is 2.29. The molecular weight excluding hydrogens is 308 g/mol. The van der Waals surface area contributed by atoms with E-state index in [1.165, 1.54) is 0 Å². The Kier molecular flexibility index (Phi) is 7.79. The zero-order valence-electron chi connectivity index (χ0n) is 16.1. The summed E-state index contributed by atoms with van der Waals surface area (Å²) in [7, 11) is 2.07. The van der Waals surface area contributed by atoms with Crippen LogP contribution in [0.1, 0.15) is 41.0 Å². The number of ether oxygens (including phenoxy) is 1. The van der Waals surface area contributed by atoms with Gasteiger partial charge in [-0.2, -0.15) is 0 Å². The first-order valence-electron chi connectivity index (χ1n) is 8.85. The number of nitrogens with zero attached hydrogens (tertiary/aromatic N) is 3. The molecule has 1 rings (SSSR count). The van der Waals surface area contributed by atoms with Crippen LogP contribution < -0.4 is 5.32 Å². The number of hydrogen-bond donors (Lipinski definition) is 1. The van der Waals surface area contributed by atoms with Crippen molar-refractivity contribution in [2.24, 2.45) is 0 Å². The average Bonchev–Trinajstić information content (AvgIpc) is 2.52. The quantitative estimate of drug-likeness (QED) is 0.830. The minimum Gasteiger partial charge on any atom is -0.444 e. The van der Waals surface area contributed by atoms with Gasteiger partial charge in [0.15, 0.2) is 0 Å². The van der Waals surface area contributed by atoms with E-state index in [2.05, 4.69) is 31.1 Å². The Morgan fingerprint density at radius 1 is 1.17 bits per heavy atom. The van der Waals surface area contributed by atoms with Crippen molar-refractivity contribution in [3.8, 4) is 0 Å². The van der Waals surface area contributed by atoms with E-state index in [1.807, 2.05) is 20.8 Å². The largest absolute Gasteiger partial charge is 0.444 e. The second-order valence-corrected chi connectivity index (χ2v) is 7.42. The van der Waals surface area contributed by atoms with Gasteiger partial charge in [0, 0.05) is 45.3 Å². The van der Waals surface area contributed by atoms with Crippen LogP contribution in [-0.2, 0) is 4.74 Å². The van der Waals surface area contributed by atoms with Crippen LogP contribution in [0.2, 0.25) is 0 Å². The number of carbonyl (C=O) groups excluding carboxylic acids is 2. The summed E-state index contributed by atoms with van der Waals surface area (Å²) >= 11 is 0. The number of likely N-dealkylation sites (N-methyl/N-ethyl adjacent to an activating group) is 1. The number of rotatable bonds is 5. The predicted molar refractivity (Wildman–Crippen MR) is 95.2 cm³/mol. The number of amides is 3. The highest BCUT2D eigenvalue weighted by molar-refractivity contribution is 5.75. The molecule has 1 aliphatic rings. The van der Waals surface area contributed by atoms with E-state index in [9.17, 15) is 9.59 Å². The third kappa shape index (κ3) is 6.95. The first kappa shape index (κ1) is 20.5. The first-order valence-corrected chi connectivity index (χ1v) is 8.85. The Labute approximate surface area is 146 Å². The Bertz CT molecular complexity index is 415. The van der Waals surface area contributed by atoms with Crippen LogP contribution in [0.15, 0.2) is 0 Å². The third-order valence-electron chi connectivity index (χ3n) is 4.30. The van der Waals surface area contributed by atoms with Crippen molar-refractivity contribution in [1.29, 1.82) is 0 Å². The van der Waals surface area contributed by atoms with Crippen LogP contribution in [-0.4, -0.2) is 84.8 Å². The minimum atomic E-state index is -0.493. The van der Waals surface area contributed by atoms with Crippen molar-refractivity contribution < 1.29 is 14.3 Å². The molecule has 0 radical (unpaired) electrons. The lowest BCUT2D eigenvalue weighted by molar-refractivity contribution is 0.0170. The SMILES string of the molecule is CCC(C)N(C)CCNC(=O)N1CCN(C(=O)OC(C)(C)C)CC1. The standard InChI is InChI=1S/C17H34N4O3/c1-7-14(2)19(6)9-8-18-15(22)20-10-12-21(13-11-20)16(23)24-17(3,4)5/h14H,7-13H2,1-6H3,(H,18,22). The van der Waals surface area contributed by atoms with Gasteiger partial charge in [-0.15, -0.1) is 0 Å². The van der Waals surface area contributed by atoms with Crippen molar-refractivity contribution in [1.82, 2.24) is 20.0 Å².